The Hall–Kier alpha value is -0.540. The Balaban J connectivity index is 2.94. The average molecular weight is 140 g/mol. The van der Waals surface area contributed by atoms with Crippen LogP contribution < -0.4 is 5.14 Å². The van der Waals surface area contributed by atoms with Crippen LogP contribution in [0.3, 0.4) is 0 Å². The SMILES string of the molecule is Cc1cncc(SN)c1. The zero-order chi connectivity index (χ0) is 6.69. The molecule has 2 N–H and O–H groups in total. The standard InChI is InChI=1S/C6H8N2S/c1-5-2-6(9-7)4-8-3-5/h2-4H,7H2,1H3. The lowest BCUT2D eigenvalue weighted by Crippen LogP contribution is -1.82. The normalized spacial score (nSPS) is 9.56. The molecule has 2 nitrogen and oxygen atoms in total. The second-order valence-corrected chi connectivity index (χ2v) is 2.52. The van der Waals surface area contributed by atoms with E-state index in [9.17, 15) is 0 Å². The maximum absolute atomic E-state index is 5.30. The second-order valence-electron chi connectivity index (χ2n) is 1.82. The second kappa shape index (κ2) is 2.85. The lowest BCUT2D eigenvalue weighted by atomic mass is 10.3. The molecule has 0 saturated carbocycles. The van der Waals surface area contributed by atoms with Crippen LogP contribution in [0.15, 0.2) is 23.4 Å². The fourth-order valence-corrected chi connectivity index (χ4v) is 0.967. The molecule has 0 aliphatic carbocycles. The largest absolute Gasteiger partial charge is 0.274 e. The average Bonchev–Trinajstić information content (AvgIpc) is 1.88. The molecule has 0 aromatic carbocycles. The van der Waals surface area contributed by atoms with Gasteiger partial charge in [-0.25, -0.2) is 0 Å². The van der Waals surface area contributed by atoms with Gasteiger partial charge in [0.15, 0.2) is 0 Å². The van der Waals surface area contributed by atoms with Crippen molar-refractivity contribution in [1.82, 2.24) is 4.98 Å². The Kier molecular flexibility index (Phi) is 2.08. The number of hydrogen-bond acceptors (Lipinski definition) is 3. The van der Waals surface area contributed by atoms with Crippen LogP contribution in [0, 0.1) is 6.92 Å². The lowest BCUT2D eigenvalue weighted by Gasteiger charge is -1.93. The number of nitrogens with two attached hydrogens (primary N) is 1. The summed E-state index contributed by atoms with van der Waals surface area (Å²) in [6.07, 6.45) is 3.55. The minimum absolute atomic E-state index is 1.01. The number of hydrogen-bond donors (Lipinski definition) is 1. The third-order valence-electron chi connectivity index (χ3n) is 0.986. The quantitative estimate of drug-likeness (QED) is 0.598. The van der Waals surface area contributed by atoms with E-state index in [0.717, 1.165) is 10.5 Å². The molecular formula is C6H8N2S. The first-order valence-corrected chi connectivity index (χ1v) is 3.49. The molecule has 0 atom stereocenters. The minimum atomic E-state index is 1.01. The third-order valence-corrected chi connectivity index (χ3v) is 1.48. The van der Waals surface area contributed by atoms with E-state index in [1.54, 1.807) is 12.4 Å². The number of rotatable bonds is 1. The number of pyridine rings is 1. The summed E-state index contributed by atoms with van der Waals surface area (Å²) in [6.45, 7) is 1.99. The van der Waals surface area contributed by atoms with Crippen molar-refractivity contribution in [2.24, 2.45) is 5.14 Å². The van der Waals surface area contributed by atoms with Crippen molar-refractivity contribution in [2.75, 3.05) is 0 Å². The highest BCUT2D eigenvalue weighted by Crippen LogP contribution is 2.09. The molecule has 0 aliphatic heterocycles. The fraction of sp³-hybridized carbons (Fsp3) is 0.167. The van der Waals surface area contributed by atoms with Crippen LogP contribution in [-0.2, 0) is 0 Å². The minimum Gasteiger partial charge on any atom is -0.274 e. The van der Waals surface area contributed by atoms with E-state index in [1.165, 1.54) is 11.9 Å². The molecule has 0 fully saturated rings. The van der Waals surface area contributed by atoms with Crippen LogP contribution in [0.25, 0.3) is 0 Å². The number of nitrogens with zero attached hydrogens (tertiary/aromatic N) is 1. The van der Waals surface area contributed by atoms with Crippen molar-refractivity contribution in [3.05, 3.63) is 24.0 Å². The molecule has 0 unspecified atom stereocenters. The zero-order valence-electron chi connectivity index (χ0n) is 5.16. The molecule has 0 spiro atoms. The smallest absolute Gasteiger partial charge is 0.0417 e. The fourth-order valence-electron chi connectivity index (χ4n) is 0.592. The Morgan fingerprint density at radius 1 is 1.56 bits per heavy atom. The molecule has 0 amide bonds. The van der Waals surface area contributed by atoms with Gasteiger partial charge in [-0.3, -0.25) is 10.1 Å². The molecule has 48 valence electrons. The summed E-state index contributed by atoms with van der Waals surface area (Å²) in [5.41, 5.74) is 1.14. The number of aryl methyl sites for hydroxylation is 1. The van der Waals surface area contributed by atoms with E-state index in [-0.39, 0.29) is 0 Å². The van der Waals surface area contributed by atoms with Gasteiger partial charge < -0.3 is 0 Å². The number of aromatic nitrogens is 1. The molecule has 1 aromatic heterocycles. The van der Waals surface area contributed by atoms with Crippen molar-refractivity contribution in [3.63, 3.8) is 0 Å². The highest BCUT2D eigenvalue weighted by atomic mass is 32.2. The van der Waals surface area contributed by atoms with E-state index in [2.05, 4.69) is 4.98 Å². The Bertz CT molecular complexity index is 200. The Labute approximate surface area is 58.6 Å². The van der Waals surface area contributed by atoms with Crippen LogP contribution in [-0.4, -0.2) is 4.98 Å². The van der Waals surface area contributed by atoms with Gasteiger partial charge in [0.05, 0.1) is 0 Å². The van der Waals surface area contributed by atoms with Crippen molar-refractivity contribution < 1.29 is 0 Å². The van der Waals surface area contributed by atoms with Gasteiger partial charge in [-0.2, -0.15) is 0 Å². The van der Waals surface area contributed by atoms with E-state index in [4.69, 9.17) is 5.14 Å². The van der Waals surface area contributed by atoms with Crippen LogP contribution in [0.5, 0.6) is 0 Å². The van der Waals surface area contributed by atoms with Crippen molar-refractivity contribution in [2.45, 2.75) is 11.8 Å². The summed E-state index contributed by atoms with van der Waals surface area (Å²) < 4.78 is 0. The van der Waals surface area contributed by atoms with Gasteiger partial charge in [-0.05, 0) is 30.5 Å². The predicted molar refractivity (Wildman–Crippen MR) is 39.0 cm³/mol. The highest BCUT2D eigenvalue weighted by Gasteiger charge is 1.88. The molecule has 3 heteroatoms. The molecule has 9 heavy (non-hydrogen) atoms. The zero-order valence-corrected chi connectivity index (χ0v) is 5.98. The van der Waals surface area contributed by atoms with Gasteiger partial charge in [0, 0.05) is 17.3 Å². The summed E-state index contributed by atoms with van der Waals surface area (Å²) in [4.78, 5) is 4.96. The van der Waals surface area contributed by atoms with Gasteiger partial charge in [-0.15, -0.1) is 0 Å². The predicted octanol–water partition coefficient (Wildman–Crippen LogP) is 1.36. The molecule has 0 bridgehead atoms. The van der Waals surface area contributed by atoms with E-state index >= 15 is 0 Å². The van der Waals surface area contributed by atoms with Gasteiger partial charge in [0.25, 0.3) is 0 Å². The topological polar surface area (TPSA) is 38.9 Å². The molecule has 1 aromatic rings. The van der Waals surface area contributed by atoms with Crippen LogP contribution in [0.2, 0.25) is 0 Å². The Morgan fingerprint density at radius 2 is 2.33 bits per heavy atom. The first-order valence-electron chi connectivity index (χ1n) is 2.61. The maximum atomic E-state index is 5.30. The molecule has 1 heterocycles. The molecular weight excluding hydrogens is 132 g/mol. The van der Waals surface area contributed by atoms with Gasteiger partial charge >= 0.3 is 0 Å². The van der Waals surface area contributed by atoms with Crippen molar-refractivity contribution in [1.29, 1.82) is 0 Å². The molecule has 1 rings (SSSR count). The summed E-state index contributed by atoms with van der Waals surface area (Å²) in [7, 11) is 0. The highest BCUT2D eigenvalue weighted by molar-refractivity contribution is 7.97. The van der Waals surface area contributed by atoms with E-state index in [0.29, 0.717) is 0 Å². The molecule has 0 aliphatic rings. The third kappa shape index (κ3) is 1.69. The lowest BCUT2D eigenvalue weighted by molar-refractivity contribution is 1.19. The summed E-state index contributed by atoms with van der Waals surface area (Å²) in [5.74, 6) is 0. The van der Waals surface area contributed by atoms with Crippen molar-refractivity contribution >= 4 is 11.9 Å². The monoisotopic (exact) mass is 140 g/mol. The Morgan fingerprint density at radius 3 is 2.78 bits per heavy atom. The summed E-state index contributed by atoms with van der Waals surface area (Å²) in [5, 5.41) is 5.30. The van der Waals surface area contributed by atoms with Crippen LogP contribution in [0.4, 0.5) is 0 Å². The van der Waals surface area contributed by atoms with E-state index in [1.807, 2.05) is 13.0 Å². The summed E-state index contributed by atoms with van der Waals surface area (Å²) >= 11 is 1.22. The summed E-state index contributed by atoms with van der Waals surface area (Å²) in [6, 6.07) is 2.00. The van der Waals surface area contributed by atoms with E-state index < -0.39 is 0 Å². The van der Waals surface area contributed by atoms with Crippen LogP contribution >= 0.6 is 11.9 Å². The van der Waals surface area contributed by atoms with Gasteiger partial charge in [-0.1, -0.05) is 0 Å². The van der Waals surface area contributed by atoms with Gasteiger partial charge in [0.2, 0.25) is 0 Å². The van der Waals surface area contributed by atoms with Gasteiger partial charge in [0.1, 0.15) is 0 Å². The molecule has 0 radical (unpaired) electrons. The van der Waals surface area contributed by atoms with Crippen LogP contribution in [0.1, 0.15) is 5.56 Å². The first kappa shape index (κ1) is 6.58. The maximum Gasteiger partial charge on any atom is 0.0417 e. The molecule has 0 saturated heterocycles. The van der Waals surface area contributed by atoms with Crippen molar-refractivity contribution in [3.8, 4) is 0 Å². The first-order chi connectivity index (χ1) is 4.33.